The van der Waals surface area contributed by atoms with Crippen molar-refractivity contribution in [2.45, 2.75) is 13.0 Å². The first-order valence-corrected chi connectivity index (χ1v) is 9.09. The average molecular weight is 369 g/mol. The second kappa shape index (κ2) is 7.75. The van der Waals surface area contributed by atoms with E-state index >= 15 is 0 Å². The molecule has 2 aromatic rings. The van der Waals surface area contributed by atoms with E-state index in [-0.39, 0.29) is 12.7 Å². The normalized spacial score (nSPS) is 16.7. The maximum atomic E-state index is 12.5. The Balaban J connectivity index is 1.34. The number of nitrogens with zero attached hydrogens (tertiary/aromatic N) is 1. The molecule has 2 N–H and O–H groups in total. The Bertz CT molecular complexity index is 803. The third-order valence-corrected chi connectivity index (χ3v) is 4.66. The van der Waals surface area contributed by atoms with Crippen LogP contribution < -0.4 is 25.0 Å². The number of anilines is 3. The molecule has 0 bridgehead atoms. The number of ether oxygens (including phenoxy) is 3. The molecule has 1 atom stereocenters. The van der Waals surface area contributed by atoms with Crippen molar-refractivity contribution < 1.29 is 19.0 Å². The molecule has 4 rings (SSSR count). The summed E-state index contributed by atoms with van der Waals surface area (Å²) in [6.45, 7) is 5.34. The molecule has 2 heterocycles. The van der Waals surface area contributed by atoms with Gasteiger partial charge in [-0.05, 0) is 43.3 Å². The molecule has 7 nitrogen and oxygen atoms in total. The second-order valence-corrected chi connectivity index (χ2v) is 6.57. The van der Waals surface area contributed by atoms with Crippen LogP contribution in [0.25, 0.3) is 0 Å². The van der Waals surface area contributed by atoms with E-state index in [0.29, 0.717) is 5.75 Å². The zero-order chi connectivity index (χ0) is 18.6. The van der Waals surface area contributed by atoms with Gasteiger partial charge < -0.3 is 29.7 Å². The van der Waals surface area contributed by atoms with Gasteiger partial charge in [0.15, 0.2) is 11.5 Å². The summed E-state index contributed by atoms with van der Waals surface area (Å²) in [7, 11) is 0. The van der Waals surface area contributed by atoms with Gasteiger partial charge >= 0.3 is 0 Å². The van der Waals surface area contributed by atoms with E-state index in [9.17, 15) is 4.79 Å². The minimum Gasteiger partial charge on any atom is -0.454 e. The topological polar surface area (TPSA) is 72.1 Å². The SMILES string of the molecule is C[C@H](Nc1ccc2c(c1)OCO2)C(=O)Nc1ccc(N2CCOCC2)cc1. The fourth-order valence-electron chi connectivity index (χ4n) is 3.13. The van der Waals surface area contributed by atoms with Crippen LogP contribution in [0.15, 0.2) is 42.5 Å². The fraction of sp³-hybridized carbons (Fsp3) is 0.350. The van der Waals surface area contributed by atoms with Crippen molar-refractivity contribution in [1.29, 1.82) is 0 Å². The van der Waals surface area contributed by atoms with Gasteiger partial charge in [0.1, 0.15) is 6.04 Å². The molecule has 142 valence electrons. The van der Waals surface area contributed by atoms with E-state index in [1.807, 2.05) is 49.4 Å². The van der Waals surface area contributed by atoms with Crippen LogP contribution in [0.5, 0.6) is 11.5 Å². The number of amides is 1. The summed E-state index contributed by atoms with van der Waals surface area (Å²) in [5.74, 6) is 1.30. The Labute approximate surface area is 158 Å². The summed E-state index contributed by atoms with van der Waals surface area (Å²) in [6, 6.07) is 13.0. The molecule has 0 radical (unpaired) electrons. The Morgan fingerprint density at radius 2 is 1.70 bits per heavy atom. The van der Waals surface area contributed by atoms with Crippen LogP contribution in [0, 0.1) is 0 Å². The highest BCUT2D eigenvalue weighted by atomic mass is 16.7. The van der Waals surface area contributed by atoms with Crippen molar-refractivity contribution in [3.63, 3.8) is 0 Å². The number of rotatable bonds is 5. The summed E-state index contributed by atoms with van der Waals surface area (Å²) >= 11 is 0. The molecule has 2 aromatic carbocycles. The van der Waals surface area contributed by atoms with Crippen LogP contribution in [0.1, 0.15) is 6.92 Å². The number of benzene rings is 2. The highest BCUT2D eigenvalue weighted by Gasteiger charge is 2.17. The fourth-order valence-corrected chi connectivity index (χ4v) is 3.13. The third kappa shape index (κ3) is 4.09. The van der Waals surface area contributed by atoms with Crippen LogP contribution in [0.3, 0.4) is 0 Å². The van der Waals surface area contributed by atoms with Crippen molar-refractivity contribution in [3.05, 3.63) is 42.5 Å². The Morgan fingerprint density at radius 3 is 2.48 bits per heavy atom. The monoisotopic (exact) mass is 369 g/mol. The molecule has 7 heteroatoms. The molecular formula is C20H23N3O4. The molecule has 0 aromatic heterocycles. The highest BCUT2D eigenvalue weighted by molar-refractivity contribution is 5.96. The first-order valence-electron chi connectivity index (χ1n) is 9.09. The molecule has 0 unspecified atom stereocenters. The van der Waals surface area contributed by atoms with Gasteiger partial charge in [0.05, 0.1) is 13.2 Å². The van der Waals surface area contributed by atoms with E-state index in [4.69, 9.17) is 14.2 Å². The zero-order valence-electron chi connectivity index (χ0n) is 15.2. The number of hydrogen-bond donors (Lipinski definition) is 2. The third-order valence-electron chi connectivity index (χ3n) is 4.66. The Morgan fingerprint density at radius 1 is 1.00 bits per heavy atom. The Kier molecular flexibility index (Phi) is 5.02. The second-order valence-electron chi connectivity index (χ2n) is 6.57. The van der Waals surface area contributed by atoms with E-state index in [0.717, 1.165) is 49.1 Å². The van der Waals surface area contributed by atoms with E-state index in [1.165, 1.54) is 0 Å². The van der Waals surface area contributed by atoms with Crippen molar-refractivity contribution in [2.24, 2.45) is 0 Å². The molecule has 1 fully saturated rings. The molecule has 0 saturated carbocycles. The lowest BCUT2D eigenvalue weighted by molar-refractivity contribution is -0.116. The van der Waals surface area contributed by atoms with Crippen molar-refractivity contribution >= 4 is 23.0 Å². The number of fused-ring (bicyclic) bond motifs is 1. The maximum Gasteiger partial charge on any atom is 0.246 e. The molecule has 1 amide bonds. The van der Waals surface area contributed by atoms with Gasteiger partial charge in [-0.25, -0.2) is 0 Å². The van der Waals surface area contributed by atoms with Crippen molar-refractivity contribution in [1.82, 2.24) is 0 Å². The minimum atomic E-state index is -0.399. The Hall–Kier alpha value is -2.93. The van der Waals surface area contributed by atoms with Crippen LogP contribution >= 0.6 is 0 Å². The summed E-state index contributed by atoms with van der Waals surface area (Å²) < 4.78 is 16.0. The van der Waals surface area contributed by atoms with Crippen LogP contribution in [0.4, 0.5) is 17.1 Å². The summed E-state index contributed by atoms with van der Waals surface area (Å²) in [6.07, 6.45) is 0. The van der Waals surface area contributed by atoms with Gasteiger partial charge in [-0.15, -0.1) is 0 Å². The van der Waals surface area contributed by atoms with Gasteiger partial charge in [-0.3, -0.25) is 4.79 Å². The van der Waals surface area contributed by atoms with E-state index in [2.05, 4.69) is 15.5 Å². The number of morpholine rings is 1. The summed E-state index contributed by atoms with van der Waals surface area (Å²) in [5.41, 5.74) is 2.73. The quantitative estimate of drug-likeness (QED) is 0.844. The number of nitrogens with one attached hydrogen (secondary N) is 2. The van der Waals surface area contributed by atoms with Gasteiger partial charge in [0.2, 0.25) is 12.7 Å². The first kappa shape index (κ1) is 17.5. The predicted molar refractivity (Wildman–Crippen MR) is 104 cm³/mol. The molecule has 1 saturated heterocycles. The standard InChI is InChI=1S/C20H23N3O4/c1-14(21-16-4-7-18-19(12-16)27-13-26-18)20(24)22-15-2-5-17(6-3-15)23-8-10-25-11-9-23/h2-7,12,14,21H,8-11,13H2,1H3,(H,22,24)/t14-/m0/s1. The van der Waals surface area contributed by atoms with Gasteiger partial charge in [-0.2, -0.15) is 0 Å². The number of carbonyl (C=O) groups is 1. The summed E-state index contributed by atoms with van der Waals surface area (Å²) in [4.78, 5) is 14.8. The first-order chi connectivity index (χ1) is 13.2. The van der Waals surface area contributed by atoms with Crippen LogP contribution in [-0.4, -0.2) is 45.0 Å². The van der Waals surface area contributed by atoms with E-state index < -0.39 is 6.04 Å². The lowest BCUT2D eigenvalue weighted by atomic mass is 10.2. The van der Waals surface area contributed by atoms with Crippen LogP contribution in [-0.2, 0) is 9.53 Å². The highest BCUT2D eigenvalue weighted by Crippen LogP contribution is 2.34. The summed E-state index contributed by atoms with van der Waals surface area (Å²) in [5, 5.41) is 6.13. The minimum absolute atomic E-state index is 0.105. The van der Waals surface area contributed by atoms with Gasteiger partial charge in [0, 0.05) is 36.2 Å². The van der Waals surface area contributed by atoms with Crippen molar-refractivity contribution in [2.75, 3.05) is 48.6 Å². The van der Waals surface area contributed by atoms with Crippen LogP contribution in [0.2, 0.25) is 0 Å². The van der Waals surface area contributed by atoms with Crippen molar-refractivity contribution in [3.8, 4) is 11.5 Å². The molecule has 0 spiro atoms. The molecular weight excluding hydrogens is 346 g/mol. The predicted octanol–water partition coefficient (Wildman–Crippen LogP) is 2.69. The average Bonchev–Trinajstić information content (AvgIpc) is 3.17. The number of hydrogen-bond acceptors (Lipinski definition) is 6. The molecule has 2 aliphatic rings. The molecule has 2 aliphatic heterocycles. The smallest absolute Gasteiger partial charge is 0.246 e. The van der Waals surface area contributed by atoms with Gasteiger partial charge in [-0.1, -0.05) is 0 Å². The number of carbonyl (C=O) groups excluding carboxylic acids is 1. The lowest BCUT2D eigenvalue weighted by Crippen LogP contribution is -2.36. The maximum absolute atomic E-state index is 12.5. The largest absolute Gasteiger partial charge is 0.454 e. The zero-order valence-corrected chi connectivity index (χ0v) is 15.2. The van der Waals surface area contributed by atoms with E-state index in [1.54, 1.807) is 0 Å². The molecule has 0 aliphatic carbocycles. The molecule has 27 heavy (non-hydrogen) atoms. The van der Waals surface area contributed by atoms with Gasteiger partial charge in [0.25, 0.3) is 0 Å². The lowest BCUT2D eigenvalue weighted by Gasteiger charge is -2.29.